The molecule has 0 spiro atoms. The highest BCUT2D eigenvalue weighted by Gasteiger charge is 2.49. The quantitative estimate of drug-likeness (QED) is 0.527. The summed E-state index contributed by atoms with van der Waals surface area (Å²) in [6.07, 6.45) is 0. The van der Waals surface area contributed by atoms with Gasteiger partial charge in [0.2, 0.25) is 10.9 Å². The van der Waals surface area contributed by atoms with E-state index < -0.39 is 21.1 Å². The van der Waals surface area contributed by atoms with Crippen molar-refractivity contribution >= 4 is 10.9 Å². The Morgan fingerprint density at radius 1 is 0.941 bits per heavy atom. The van der Waals surface area contributed by atoms with E-state index in [0.717, 1.165) is 0 Å². The van der Waals surface area contributed by atoms with Crippen LogP contribution in [-0.2, 0) is 3.74 Å². The highest BCUT2D eigenvalue weighted by atomic mass is 35.7. The van der Waals surface area contributed by atoms with Gasteiger partial charge in [0.1, 0.15) is 0 Å². The molecule has 0 saturated heterocycles. The Kier molecular flexibility index (Phi) is 6.64. The van der Waals surface area contributed by atoms with Crippen LogP contribution in [0.5, 0.6) is 0 Å². The van der Waals surface area contributed by atoms with Gasteiger partial charge in [-0.25, -0.2) is 12.9 Å². The van der Waals surface area contributed by atoms with Crippen LogP contribution in [0.15, 0.2) is 0 Å². The lowest BCUT2D eigenvalue weighted by Gasteiger charge is -2.48. The fourth-order valence-electron chi connectivity index (χ4n) is 1.60. The van der Waals surface area contributed by atoms with Crippen LogP contribution in [0.25, 0.3) is 0 Å². The lowest BCUT2D eigenvalue weighted by molar-refractivity contribution is -1.91. The number of hydrogen-bond donors (Lipinski definition) is 0. The smallest absolute Gasteiger partial charge is 0.202 e. The van der Waals surface area contributed by atoms with E-state index >= 15 is 0 Å². The van der Waals surface area contributed by atoms with Crippen LogP contribution < -0.4 is 14.0 Å². The number of rotatable bonds is 7. The minimum absolute atomic E-state index is 0.577. The molecule has 0 bridgehead atoms. The minimum atomic E-state index is -4.49. The maximum absolute atomic E-state index is 10.9. The van der Waals surface area contributed by atoms with Gasteiger partial charge >= 0.3 is 0 Å². The van der Waals surface area contributed by atoms with Crippen molar-refractivity contribution in [3.8, 4) is 0 Å². The van der Waals surface area contributed by atoms with Gasteiger partial charge in [-0.3, -0.25) is 0 Å². The third kappa shape index (κ3) is 4.19. The summed E-state index contributed by atoms with van der Waals surface area (Å²) in [6, 6.07) is 0. The molecule has 0 radical (unpaired) electrons. The van der Waals surface area contributed by atoms with Crippen LogP contribution in [0.3, 0.4) is 0 Å². The Hall–Kier alpha value is 0.360. The Morgan fingerprint density at radius 3 is 1.47 bits per heavy atom. The van der Waals surface area contributed by atoms with Crippen molar-refractivity contribution < 1.29 is 28.0 Å². The van der Waals surface area contributed by atoms with Crippen molar-refractivity contribution in [3.63, 3.8) is 0 Å². The topological polar surface area (TPSA) is 88.1 Å². The van der Waals surface area contributed by atoms with Crippen LogP contribution >= 0.6 is 10.9 Å². The SMILES string of the molecule is CCN(CC)S(O[Cl+3]([O-])([O-])[O-])(N(C)C)N(C)C. The largest absolute Gasteiger partial charge is 0.217 e. The van der Waals surface area contributed by atoms with Gasteiger partial charge in [0.25, 0.3) is 0 Å². The standard InChI is InChI=1S/C8H22ClN3O4S/c1-7-12(8-2)17(10(3)4,11(5)6)16-9(13,14)15/h7-8H2,1-6H3. The lowest BCUT2D eigenvalue weighted by atomic mass is 10.7. The second-order valence-electron chi connectivity index (χ2n) is 3.65. The Balaban J connectivity index is 5.42. The second-order valence-corrected chi connectivity index (χ2v) is 7.82. The first-order valence-electron chi connectivity index (χ1n) is 5.17. The first-order valence-corrected chi connectivity index (χ1v) is 7.83. The van der Waals surface area contributed by atoms with E-state index in [1.54, 1.807) is 36.8 Å². The highest BCUT2D eigenvalue weighted by Crippen LogP contribution is 2.56. The fourth-order valence-corrected chi connectivity index (χ4v) is 5.90. The van der Waals surface area contributed by atoms with Crippen molar-refractivity contribution in [2.45, 2.75) is 13.8 Å². The normalized spacial score (nSPS) is 15.1. The van der Waals surface area contributed by atoms with E-state index in [9.17, 15) is 14.0 Å². The molecule has 0 amide bonds. The Labute approximate surface area is 107 Å². The maximum atomic E-state index is 10.9. The van der Waals surface area contributed by atoms with E-state index in [0.29, 0.717) is 13.1 Å². The number of hydrogen-bond acceptors (Lipinski definition) is 7. The molecule has 0 aromatic carbocycles. The van der Waals surface area contributed by atoms with Gasteiger partial charge in [-0.2, -0.15) is 14.0 Å². The molecule has 0 aliphatic carbocycles. The van der Waals surface area contributed by atoms with E-state index in [4.69, 9.17) is 3.74 Å². The Bertz CT molecular complexity index is 225. The van der Waals surface area contributed by atoms with Gasteiger partial charge in [-0.05, 0) is 0 Å². The van der Waals surface area contributed by atoms with Crippen LogP contribution in [0.2, 0.25) is 0 Å². The monoisotopic (exact) mass is 291 g/mol. The molecule has 0 unspecified atom stereocenters. The molecular weight excluding hydrogens is 270 g/mol. The average Bonchev–Trinajstić information content (AvgIpc) is 2.15. The van der Waals surface area contributed by atoms with Gasteiger partial charge in [0.15, 0.2) is 3.74 Å². The molecule has 0 N–H and O–H groups in total. The van der Waals surface area contributed by atoms with E-state index in [1.165, 1.54) is 0 Å². The molecule has 0 aromatic heterocycles. The fraction of sp³-hybridized carbons (Fsp3) is 1.00. The molecule has 0 saturated carbocycles. The summed E-state index contributed by atoms with van der Waals surface area (Å²) in [6.45, 7) is 4.92. The summed E-state index contributed by atoms with van der Waals surface area (Å²) < 4.78 is 42.7. The molecule has 0 rings (SSSR count). The van der Waals surface area contributed by atoms with E-state index in [2.05, 4.69) is 0 Å². The van der Waals surface area contributed by atoms with Gasteiger partial charge in [0, 0.05) is 41.3 Å². The van der Waals surface area contributed by atoms with Crippen LogP contribution in [0, 0.1) is 10.2 Å². The third-order valence-electron chi connectivity index (χ3n) is 2.15. The molecule has 0 atom stereocenters. The molecule has 0 heterocycles. The number of halogens is 1. The molecule has 106 valence electrons. The Morgan fingerprint density at radius 2 is 1.29 bits per heavy atom. The second kappa shape index (κ2) is 6.50. The zero-order valence-corrected chi connectivity index (χ0v) is 12.7. The van der Waals surface area contributed by atoms with Gasteiger partial charge in [-0.1, -0.05) is 13.8 Å². The van der Waals surface area contributed by atoms with Gasteiger partial charge in [0.05, 0.1) is 10.2 Å². The highest BCUT2D eigenvalue weighted by molar-refractivity contribution is 8.23. The van der Waals surface area contributed by atoms with E-state index in [1.807, 2.05) is 18.2 Å². The van der Waals surface area contributed by atoms with Crippen molar-refractivity contribution in [1.82, 2.24) is 12.9 Å². The molecule has 9 heteroatoms. The summed E-state index contributed by atoms with van der Waals surface area (Å²) in [5.74, 6) is 0. The zero-order valence-electron chi connectivity index (χ0n) is 11.2. The summed E-state index contributed by atoms with van der Waals surface area (Å²) in [4.78, 5) is 0. The summed E-state index contributed by atoms with van der Waals surface area (Å²) >= 11 is 0. The number of nitrogens with zero attached hydrogens (tertiary/aromatic N) is 3. The van der Waals surface area contributed by atoms with Crippen LogP contribution in [0.4, 0.5) is 0 Å². The van der Waals surface area contributed by atoms with Crippen molar-refractivity contribution in [2.24, 2.45) is 0 Å². The summed E-state index contributed by atoms with van der Waals surface area (Å²) in [5, 5.41) is 0. The molecule has 0 aliphatic heterocycles. The predicted molar refractivity (Wildman–Crippen MR) is 59.0 cm³/mol. The molecule has 7 nitrogen and oxygen atoms in total. The third-order valence-corrected chi connectivity index (χ3v) is 6.54. The first kappa shape index (κ1) is 17.4. The van der Waals surface area contributed by atoms with Crippen LogP contribution in [-0.4, -0.2) is 54.2 Å². The molecule has 0 aliphatic rings. The van der Waals surface area contributed by atoms with Crippen LogP contribution in [0.1, 0.15) is 13.8 Å². The van der Waals surface area contributed by atoms with Gasteiger partial charge < -0.3 is 0 Å². The van der Waals surface area contributed by atoms with Crippen molar-refractivity contribution in [2.75, 3.05) is 41.3 Å². The summed E-state index contributed by atoms with van der Waals surface area (Å²) in [5.41, 5.74) is 0. The molecule has 0 aromatic rings. The summed E-state index contributed by atoms with van der Waals surface area (Å²) in [7, 11) is -0.173. The van der Waals surface area contributed by atoms with E-state index in [-0.39, 0.29) is 0 Å². The molecule has 0 fully saturated rings. The lowest BCUT2D eigenvalue weighted by Crippen LogP contribution is -2.64. The maximum Gasteiger partial charge on any atom is 0.202 e. The van der Waals surface area contributed by atoms with Crippen molar-refractivity contribution in [3.05, 3.63) is 0 Å². The minimum Gasteiger partial charge on any atom is -0.217 e. The average molecular weight is 292 g/mol. The molecular formula is C8H22ClN3O4S. The molecule has 17 heavy (non-hydrogen) atoms. The zero-order chi connectivity index (χ0) is 13.9. The van der Waals surface area contributed by atoms with Gasteiger partial charge in [-0.15, -0.1) is 0 Å². The predicted octanol–water partition coefficient (Wildman–Crippen LogP) is -2.17. The van der Waals surface area contributed by atoms with Crippen molar-refractivity contribution in [1.29, 1.82) is 0 Å². The first-order chi connectivity index (χ1) is 7.61.